The Morgan fingerprint density at radius 3 is 1.97 bits per heavy atom. The largest absolute Gasteiger partial charge is 0.406 e. The summed E-state index contributed by atoms with van der Waals surface area (Å²) in [6.07, 6.45) is 0.465. The van der Waals surface area contributed by atoms with Gasteiger partial charge in [-0.1, -0.05) is 81.4 Å². The highest BCUT2D eigenvalue weighted by Crippen LogP contribution is 2.50. The van der Waals surface area contributed by atoms with Crippen LogP contribution in [0.3, 0.4) is 0 Å². The normalized spacial score (nSPS) is 24.4. The molecule has 2 nitrogen and oxygen atoms in total. The number of nitrogens with zero attached hydrogens (tertiary/aromatic N) is 1. The fourth-order valence-corrected chi connectivity index (χ4v) is 11.2. The topological polar surface area (TPSA) is 12.5 Å². The van der Waals surface area contributed by atoms with Gasteiger partial charge in [-0.15, -0.1) is 0 Å². The molecule has 3 atom stereocenters. The van der Waals surface area contributed by atoms with Gasteiger partial charge in [-0.3, -0.25) is 4.90 Å². The Hall–Kier alpha value is -2.48. The Labute approximate surface area is 217 Å². The van der Waals surface area contributed by atoms with Crippen molar-refractivity contribution in [3.05, 3.63) is 95.8 Å². The number of halogens is 4. The minimum absolute atomic E-state index is 0.162. The lowest BCUT2D eigenvalue weighted by Gasteiger charge is -2.46. The highest BCUT2D eigenvalue weighted by molar-refractivity contribution is 6.99. The fourth-order valence-electron chi connectivity index (χ4n) is 6.60. The van der Waals surface area contributed by atoms with E-state index < -0.39 is 43.5 Å². The summed E-state index contributed by atoms with van der Waals surface area (Å²) >= 11 is 0. The molecule has 3 aromatic rings. The number of hydrogen-bond acceptors (Lipinski definition) is 2. The quantitative estimate of drug-likeness (QED) is 0.212. The first kappa shape index (κ1) is 26.1. The average Bonchev–Trinajstić information content (AvgIpc) is 3.37. The summed E-state index contributed by atoms with van der Waals surface area (Å²) in [6.45, 7) is 7.06. The number of hydrogen-bond donors (Lipinski definition) is 0. The molecule has 37 heavy (non-hydrogen) atoms. The van der Waals surface area contributed by atoms with Crippen LogP contribution in [0.5, 0.6) is 0 Å². The predicted octanol–water partition coefficient (Wildman–Crippen LogP) is 6.30. The maximum atomic E-state index is 15.0. The maximum absolute atomic E-state index is 15.0. The summed E-state index contributed by atoms with van der Waals surface area (Å²) in [6, 6.07) is 22.3. The van der Waals surface area contributed by atoms with Crippen molar-refractivity contribution in [2.24, 2.45) is 0 Å². The van der Waals surface area contributed by atoms with Crippen molar-refractivity contribution in [3.63, 3.8) is 0 Å². The van der Waals surface area contributed by atoms with Crippen LogP contribution in [0.2, 0.25) is 5.04 Å². The lowest BCUT2D eigenvalue weighted by Crippen LogP contribution is -2.68. The molecule has 3 aromatic carbocycles. The second-order valence-electron chi connectivity index (χ2n) is 11.5. The van der Waals surface area contributed by atoms with Gasteiger partial charge in [0.2, 0.25) is 0 Å². The Morgan fingerprint density at radius 2 is 1.46 bits per heavy atom. The monoisotopic (exact) mass is 527 g/mol. The molecule has 0 radical (unpaired) electrons. The molecule has 7 heteroatoms. The second kappa shape index (κ2) is 9.68. The lowest BCUT2D eigenvalue weighted by molar-refractivity contribution is 0.0842. The molecule has 0 spiro atoms. The van der Waals surface area contributed by atoms with Gasteiger partial charge in [0.15, 0.2) is 17.5 Å². The SMILES string of the molecule is CC(C)(C)[Si](OC[C@@]12CC[C@H](c3cc(F)c(F)c(F)c3)N1C[C@H](F)C2)(c1ccccc1)c1ccccc1. The van der Waals surface area contributed by atoms with E-state index in [-0.39, 0.29) is 11.6 Å². The molecule has 0 unspecified atom stereocenters. The van der Waals surface area contributed by atoms with Crippen molar-refractivity contribution in [1.29, 1.82) is 0 Å². The zero-order chi connectivity index (χ0) is 26.4. The Bertz CT molecular complexity index is 1190. The predicted molar refractivity (Wildman–Crippen MR) is 141 cm³/mol. The van der Waals surface area contributed by atoms with Gasteiger partial charge in [0, 0.05) is 24.5 Å². The van der Waals surface area contributed by atoms with Gasteiger partial charge < -0.3 is 4.43 Å². The van der Waals surface area contributed by atoms with E-state index in [0.717, 1.165) is 22.5 Å². The molecule has 2 aliphatic heterocycles. The summed E-state index contributed by atoms with van der Waals surface area (Å²) in [5, 5.41) is 2.05. The van der Waals surface area contributed by atoms with E-state index in [1.54, 1.807) is 0 Å². The van der Waals surface area contributed by atoms with E-state index in [1.165, 1.54) is 0 Å². The average molecular weight is 528 g/mol. The lowest BCUT2D eigenvalue weighted by atomic mass is 9.94. The third-order valence-electron chi connectivity index (χ3n) is 8.23. The summed E-state index contributed by atoms with van der Waals surface area (Å²) in [5.74, 6) is -3.91. The molecule has 0 aliphatic carbocycles. The van der Waals surface area contributed by atoms with Crippen LogP contribution in [0.15, 0.2) is 72.8 Å². The first-order valence-electron chi connectivity index (χ1n) is 12.9. The van der Waals surface area contributed by atoms with E-state index >= 15 is 4.39 Å². The molecule has 5 rings (SSSR count). The molecule has 2 aliphatic rings. The van der Waals surface area contributed by atoms with Crippen LogP contribution in [0.4, 0.5) is 17.6 Å². The van der Waals surface area contributed by atoms with Gasteiger partial charge in [-0.25, -0.2) is 17.6 Å². The standard InChI is InChI=1S/C30H33F4NOSi/c1-29(2,3)37(23-10-6-4-7-11-23,24-12-8-5-9-13-24)36-20-30-15-14-27(35(30)19-22(31)18-30)21-16-25(32)28(34)26(33)17-21/h4-13,16-17,22,27H,14-15,18-20H2,1-3H3/t22-,27-,30+/m1/s1. The summed E-state index contributed by atoms with van der Waals surface area (Å²) in [7, 11) is -2.85. The van der Waals surface area contributed by atoms with Gasteiger partial charge in [0.05, 0.1) is 6.61 Å². The number of alkyl halides is 1. The second-order valence-corrected chi connectivity index (χ2v) is 15.8. The first-order valence-corrected chi connectivity index (χ1v) is 14.8. The van der Waals surface area contributed by atoms with Crippen molar-refractivity contribution in [2.75, 3.05) is 13.2 Å². The zero-order valence-electron chi connectivity index (χ0n) is 21.5. The summed E-state index contributed by atoms with van der Waals surface area (Å²) in [5.41, 5.74) is -0.254. The molecule has 2 fully saturated rings. The van der Waals surface area contributed by atoms with Crippen LogP contribution >= 0.6 is 0 Å². The van der Waals surface area contributed by atoms with Crippen LogP contribution in [0.1, 0.15) is 51.6 Å². The van der Waals surface area contributed by atoms with Crippen LogP contribution in [0.25, 0.3) is 0 Å². The van der Waals surface area contributed by atoms with Gasteiger partial charge in [-0.05, 0) is 45.9 Å². The first-order chi connectivity index (χ1) is 17.6. The van der Waals surface area contributed by atoms with Gasteiger partial charge >= 0.3 is 0 Å². The summed E-state index contributed by atoms with van der Waals surface area (Å²) < 4.78 is 64.0. The molecule has 0 aromatic heterocycles. The van der Waals surface area contributed by atoms with Gasteiger partial charge in [0.1, 0.15) is 6.17 Å². The molecular formula is C30H33F4NOSi. The Morgan fingerprint density at radius 1 is 0.919 bits per heavy atom. The minimum atomic E-state index is -2.85. The zero-order valence-corrected chi connectivity index (χ0v) is 22.5. The molecule has 2 saturated heterocycles. The van der Waals surface area contributed by atoms with Crippen molar-refractivity contribution < 1.29 is 22.0 Å². The van der Waals surface area contributed by atoms with E-state index in [0.29, 0.717) is 31.4 Å². The minimum Gasteiger partial charge on any atom is -0.406 e. The fraction of sp³-hybridized carbons (Fsp3) is 0.400. The third-order valence-corrected chi connectivity index (χ3v) is 13.2. The molecule has 0 N–H and O–H groups in total. The van der Waals surface area contributed by atoms with Crippen molar-refractivity contribution >= 4 is 18.7 Å². The Kier molecular flexibility index (Phi) is 6.84. The molecule has 2 heterocycles. The van der Waals surface area contributed by atoms with Crippen LogP contribution in [0, 0.1) is 17.5 Å². The Balaban J connectivity index is 1.54. The highest BCUT2D eigenvalue weighted by atomic mass is 28.4. The van der Waals surface area contributed by atoms with Gasteiger partial charge in [-0.2, -0.15) is 0 Å². The molecule has 0 saturated carbocycles. The van der Waals surface area contributed by atoms with Gasteiger partial charge in [0.25, 0.3) is 8.32 Å². The van der Waals surface area contributed by atoms with Crippen LogP contribution < -0.4 is 10.4 Å². The van der Waals surface area contributed by atoms with Crippen molar-refractivity contribution in [3.8, 4) is 0 Å². The molecule has 0 bridgehead atoms. The van der Waals surface area contributed by atoms with E-state index in [2.05, 4.69) is 45.0 Å². The third kappa shape index (κ3) is 4.45. The number of rotatable bonds is 6. The van der Waals surface area contributed by atoms with Crippen LogP contribution in [-0.2, 0) is 4.43 Å². The molecule has 0 amide bonds. The van der Waals surface area contributed by atoms with Crippen molar-refractivity contribution in [1.82, 2.24) is 4.90 Å². The maximum Gasteiger partial charge on any atom is 0.261 e. The number of fused-ring (bicyclic) bond motifs is 1. The van der Waals surface area contributed by atoms with E-state index in [1.807, 2.05) is 41.3 Å². The van der Waals surface area contributed by atoms with Crippen molar-refractivity contribution in [2.45, 2.75) is 62.8 Å². The molecular weight excluding hydrogens is 494 g/mol. The van der Waals surface area contributed by atoms with Crippen LogP contribution in [-0.4, -0.2) is 38.1 Å². The molecule has 196 valence electrons. The highest BCUT2D eigenvalue weighted by Gasteiger charge is 2.57. The smallest absolute Gasteiger partial charge is 0.261 e. The number of benzene rings is 3. The summed E-state index contributed by atoms with van der Waals surface area (Å²) in [4.78, 5) is 2.02. The van der Waals surface area contributed by atoms with E-state index in [4.69, 9.17) is 4.43 Å². The van der Waals surface area contributed by atoms with E-state index in [9.17, 15) is 13.2 Å².